The molecule has 1 aliphatic rings. The molecule has 0 N–H and O–H groups in total. The number of aldehydes is 1. The lowest BCUT2D eigenvalue weighted by Gasteiger charge is -2.17. The quantitative estimate of drug-likeness (QED) is 0.726. The molecule has 2 heteroatoms. The van der Waals surface area contributed by atoms with Gasteiger partial charge in [0.05, 0.1) is 7.11 Å². The third-order valence-corrected chi connectivity index (χ3v) is 3.41. The molecule has 0 amide bonds. The van der Waals surface area contributed by atoms with E-state index < -0.39 is 0 Å². The van der Waals surface area contributed by atoms with Crippen LogP contribution in [0.5, 0.6) is 5.75 Å². The molecule has 86 valence electrons. The van der Waals surface area contributed by atoms with Crippen LogP contribution in [0.1, 0.15) is 35.4 Å². The third kappa shape index (κ3) is 1.97. The van der Waals surface area contributed by atoms with Gasteiger partial charge >= 0.3 is 0 Å². The second-order valence-electron chi connectivity index (χ2n) is 4.67. The Morgan fingerprint density at radius 3 is 2.25 bits per heavy atom. The van der Waals surface area contributed by atoms with Gasteiger partial charge in [-0.05, 0) is 61.4 Å². The van der Waals surface area contributed by atoms with Gasteiger partial charge in [-0.25, -0.2) is 0 Å². The van der Waals surface area contributed by atoms with Gasteiger partial charge < -0.3 is 9.53 Å². The molecule has 0 radical (unpaired) electrons. The number of hydrogen-bond acceptors (Lipinski definition) is 2. The van der Waals surface area contributed by atoms with Crippen LogP contribution in [-0.2, 0) is 4.79 Å². The van der Waals surface area contributed by atoms with Crippen LogP contribution < -0.4 is 4.74 Å². The standard InChI is InChI=1S/C14H18O2/c1-9-6-12(16-3)7-10(2)14(9)13(8-15)11-4-5-11/h6-8,11,13H,4-5H2,1-3H3. The van der Waals surface area contributed by atoms with Gasteiger partial charge in [0.2, 0.25) is 0 Å². The molecule has 0 heterocycles. The minimum Gasteiger partial charge on any atom is -0.497 e. The summed E-state index contributed by atoms with van der Waals surface area (Å²) in [5.74, 6) is 1.54. The van der Waals surface area contributed by atoms with Crippen molar-refractivity contribution in [3.05, 3.63) is 28.8 Å². The molecule has 1 unspecified atom stereocenters. The highest BCUT2D eigenvalue weighted by molar-refractivity contribution is 5.66. The molecule has 1 aliphatic carbocycles. The smallest absolute Gasteiger partial charge is 0.127 e. The van der Waals surface area contributed by atoms with Crippen LogP contribution in [0.2, 0.25) is 0 Å². The van der Waals surface area contributed by atoms with Gasteiger partial charge in [-0.3, -0.25) is 0 Å². The Hall–Kier alpha value is -1.31. The zero-order valence-electron chi connectivity index (χ0n) is 10.1. The van der Waals surface area contributed by atoms with Gasteiger partial charge in [-0.1, -0.05) is 0 Å². The van der Waals surface area contributed by atoms with E-state index in [-0.39, 0.29) is 5.92 Å². The largest absolute Gasteiger partial charge is 0.497 e. The van der Waals surface area contributed by atoms with E-state index in [0.717, 1.165) is 12.0 Å². The van der Waals surface area contributed by atoms with Crippen molar-refractivity contribution in [1.82, 2.24) is 0 Å². The minimum absolute atomic E-state index is 0.0888. The average Bonchev–Trinajstić information content (AvgIpc) is 3.06. The number of methoxy groups -OCH3 is 1. The highest BCUT2D eigenvalue weighted by atomic mass is 16.5. The summed E-state index contributed by atoms with van der Waals surface area (Å²) in [6.45, 7) is 4.12. The normalized spacial score (nSPS) is 16.9. The third-order valence-electron chi connectivity index (χ3n) is 3.41. The number of rotatable bonds is 4. The summed E-state index contributed by atoms with van der Waals surface area (Å²) < 4.78 is 5.23. The zero-order valence-corrected chi connectivity index (χ0v) is 10.1. The van der Waals surface area contributed by atoms with Gasteiger partial charge in [0, 0.05) is 5.92 Å². The van der Waals surface area contributed by atoms with Crippen LogP contribution >= 0.6 is 0 Å². The summed E-state index contributed by atoms with van der Waals surface area (Å²) in [4.78, 5) is 11.2. The average molecular weight is 218 g/mol. The van der Waals surface area contributed by atoms with Crippen molar-refractivity contribution in [3.63, 3.8) is 0 Å². The maximum atomic E-state index is 11.2. The molecule has 1 fully saturated rings. The van der Waals surface area contributed by atoms with E-state index in [1.165, 1.54) is 29.5 Å². The first-order valence-electron chi connectivity index (χ1n) is 5.77. The Labute approximate surface area is 96.6 Å². The molecule has 0 aliphatic heterocycles. The van der Waals surface area contributed by atoms with Crippen LogP contribution in [0.25, 0.3) is 0 Å². The Morgan fingerprint density at radius 1 is 1.31 bits per heavy atom. The number of carbonyl (C=O) groups is 1. The Balaban J connectivity index is 2.42. The molecule has 2 nitrogen and oxygen atoms in total. The van der Waals surface area contributed by atoms with Crippen molar-refractivity contribution in [2.75, 3.05) is 7.11 Å². The fourth-order valence-electron chi connectivity index (χ4n) is 2.45. The van der Waals surface area contributed by atoms with Gasteiger partial charge in [0.1, 0.15) is 12.0 Å². The molecule has 0 spiro atoms. The molecule has 1 aromatic carbocycles. The molecule has 1 aromatic rings. The molecular formula is C14H18O2. The Bertz CT molecular complexity index is 382. The van der Waals surface area contributed by atoms with Crippen molar-refractivity contribution in [2.45, 2.75) is 32.6 Å². The number of benzene rings is 1. The number of ether oxygens (including phenoxy) is 1. The molecular weight excluding hydrogens is 200 g/mol. The monoisotopic (exact) mass is 218 g/mol. The summed E-state index contributed by atoms with van der Waals surface area (Å²) in [6, 6.07) is 4.03. The first-order chi connectivity index (χ1) is 7.67. The van der Waals surface area contributed by atoms with Crippen molar-refractivity contribution >= 4 is 6.29 Å². The van der Waals surface area contributed by atoms with Gasteiger partial charge in [0.15, 0.2) is 0 Å². The van der Waals surface area contributed by atoms with E-state index in [1.54, 1.807) is 7.11 Å². The highest BCUT2D eigenvalue weighted by Crippen LogP contribution is 2.43. The van der Waals surface area contributed by atoms with E-state index in [1.807, 2.05) is 12.1 Å². The number of carbonyl (C=O) groups excluding carboxylic acids is 1. The summed E-state index contributed by atoms with van der Waals surface area (Å²) in [5, 5.41) is 0. The molecule has 1 saturated carbocycles. The lowest BCUT2D eigenvalue weighted by Crippen LogP contribution is -2.07. The van der Waals surface area contributed by atoms with E-state index in [2.05, 4.69) is 13.8 Å². The van der Waals surface area contributed by atoms with Crippen LogP contribution in [0.4, 0.5) is 0 Å². The fraction of sp³-hybridized carbons (Fsp3) is 0.500. The maximum absolute atomic E-state index is 11.2. The van der Waals surface area contributed by atoms with E-state index in [4.69, 9.17) is 4.74 Å². The first-order valence-corrected chi connectivity index (χ1v) is 5.77. The Morgan fingerprint density at radius 2 is 1.88 bits per heavy atom. The zero-order chi connectivity index (χ0) is 11.7. The van der Waals surface area contributed by atoms with E-state index in [0.29, 0.717) is 5.92 Å². The fourth-order valence-corrected chi connectivity index (χ4v) is 2.45. The van der Waals surface area contributed by atoms with Gasteiger partial charge in [-0.15, -0.1) is 0 Å². The van der Waals surface area contributed by atoms with Crippen LogP contribution in [0.3, 0.4) is 0 Å². The lowest BCUT2D eigenvalue weighted by atomic mass is 9.88. The Kier molecular flexibility index (Phi) is 2.99. The van der Waals surface area contributed by atoms with Crippen LogP contribution in [0.15, 0.2) is 12.1 Å². The summed E-state index contributed by atoms with van der Waals surface area (Å²) >= 11 is 0. The molecule has 2 rings (SSSR count). The lowest BCUT2D eigenvalue weighted by molar-refractivity contribution is -0.109. The number of hydrogen-bond donors (Lipinski definition) is 0. The van der Waals surface area contributed by atoms with Crippen molar-refractivity contribution < 1.29 is 9.53 Å². The summed E-state index contributed by atoms with van der Waals surface area (Å²) in [6.07, 6.45) is 3.49. The van der Waals surface area contributed by atoms with Crippen LogP contribution in [-0.4, -0.2) is 13.4 Å². The van der Waals surface area contributed by atoms with E-state index >= 15 is 0 Å². The number of aryl methyl sites for hydroxylation is 2. The minimum atomic E-state index is 0.0888. The molecule has 1 atom stereocenters. The van der Waals surface area contributed by atoms with E-state index in [9.17, 15) is 4.79 Å². The molecule has 0 saturated heterocycles. The second kappa shape index (κ2) is 4.28. The SMILES string of the molecule is COc1cc(C)c(C(C=O)C2CC2)c(C)c1. The maximum Gasteiger partial charge on any atom is 0.127 e. The molecule has 0 bridgehead atoms. The highest BCUT2D eigenvalue weighted by Gasteiger charge is 2.33. The predicted octanol–water partition coefficient (Wildman–Crippen LogP) is 3.00. The topological polar surface area (TPSA) is 26.3 Å². The second-order valence-corrected chi connectivity index (χ2v) is 4.67. The predicted molar refractivity (Wildman–Crippen MR) is 64.0 cm³/mol. The van der Waals surface area contributed by atoms with Crippen molar-refractivity contribution in [3.8, 4) is 5.75 Å². The summed E-state index contributed by atoms with van der Waals surface area (Å²) in [7, 11) is 1.67. The first kappa shape index (κ1) is 11.2. The van der Waals surface area contributed by atoms with Crippen LogP contribution in [0, 0.1) is 19.8 Å². The molecule has 16 heavy (non-hydrogen) atoms. The van der Waals surface area contributed by atoms with Crippen molar-refractivity contribution in [1.29, 1.82) is 0 Å². The van der Waals surface area contributed by atoms with Gasteiger partial charge in [-0.2, -0.15) is 0 Å². The van der Waals surface area contributed by atoms with Crippen molar-refractivity contribution in [2.24, 2.45) is 5.92 Å². The van der Waals surface area contributed by atoms with Gasteiger partial charge in [0.25, 0.3) is 0 Å². The molecule has 0 aromatic heterocycles. The summed E-state index contributed by atoms with van der Waals surface area (Å²) in [5.41, 5.74) is 3.54.